The largest absolute Gasteiger partial charge is 0.494 e. The fourth-order valence-electron chi connectivity index (χ4n) is 1.04. The van der Waals surface area contributed by atoms with Crippen LogP contribution in [0.15, 0.2) is 22.7 Å². The maximum atomic E-state index is 8.73. The van der Waals surface area contributed by atoms with Crippen LogP contribution in [-0.4, -0.2) is 6.61 Å². The van der Waals surface area contributed by atoms with E-state index >= 15 is 0 Å². The standard InChI is InChI=1S/C11H12BrNO/c1-2-3-4-14-11-6-9(8-13)5-10(12)7-11/h5-7H,2-4H2,1H3. The molecule has 0 aromatic heterocycles. The number of benzene rings is 1. The van der Waals surface area contributed by atoms with E-state index in [1.165, 1.54) is 0 Å². The molecule has 0 bridgehead atoms. The topological polar surface area (TPSA) is 33.0 Å². The van der Waals surface area contributed by atoms with E-state index in [1.54, 1.807) is 12.1 Å². The first-order valence-corrected chi connectivity index (χ1v) is 5.39. The van der Waals surface area contributed by atoms with Crippen LogP contribution < -0.4 is 4.74 Å². The molecule has 0 aliphatic rings. The van der Waals surface area contributed by atoms with Crippen LogP contribution in [0.2, 0.25) is 0 Å². The number of hydrogen-bond donors (Lipinski definition) is 0. The Balaban J connectivity index is 2.68. The number of nitrogens with zero attached hydrogens (tertiary/aromatic N) is 1. The van der Waals surface area contributed by atoms with Crippen molar-refractivity contribution in [2.45, 2.75) is 19.8 Å². The Morgan fingerprint density at radius 1 is 1.43 bits per heavy atom. The zero-order valence-electron chi connectivity index (χ0n) is 8.09. The van der Waals surface area contributed by atoms with Crippen molar-refractivity contribution in [3.05, 3.63) is 28.2 Å². The van der Waals surface area contributed by atoms with E-state index in [9.17, 15) is 0 Å². The van der Waals surface area contributed by atoms with E-state index in [0.717, 1.165) is 23.1 Å². The Labute approximate surface area is 92.6 Å². The molecule has 0 heterocycles. The van der Waals surface area contributed by atoms with Gasteiger partial charge >= 0.3 is 0 Å². The summed E-state index contributed by atoms with van der Waals surface area (Å²) in [6.07, 6.45) is 2.15. The molecule has 0 aliphatic carbocycles. The van der Waals surface area contributed by atoms with Crippen LogP contribution in [-0.2, 0) is 0 Å². The molecule has 0 spiro atoms. The summed E-state index contributed by atoms with van der Waals surface area (Å²) in [5.74, 6) is 0.754. The normalized spacial score (nSPS) is 9.50. The van der Waals surface area contributed by atoms with Gasteiger partial charge in [-0.3, -0.25) is 0 Å². The van der Waals surface area contributed by atoms with E-state index < -0.39 is 0 Å². The van der Waals surface area contributed by atoms with Crippen molar-refractivity contribution in [1.29, 1.82) is 5.26 Å². The van der Waals surface area contributed by atoms with Gasteiger partial charge in [-0.25, -0.2) is 0 Å². The molecule has 0 aliphatic heterocycles. The summed E-state index contributed by atoms with van der Waals surface area (Å²) in [6, 6.07) is 7.48. The summed E-state index contributed by atoms with van der Waals surface area (Å²) in [7, 11) is 0. The van der Waals surface area contributed by atoms with Gasteiger partial charge in [-0.2, -0.15) is 5.26 Å². The van der Waals surface area contributed by atoms with Gasteiger partial charge in [0, 0.05) is 4.47 Å². The second-order valence-electron chi connectivity index (χ2n) is 2.99. The third-order valence-corrected chi connectivity index (χ3v) is 2.22. The molecule has 3 heteroatoms. The van der Waals surface area contributed by atoms with Crippen LogP contribution >= 0.6 is 15.9 Å². The third-order valence-electron chi connectivity index (χ3n) is 1.77. The van der Waals surface area contributed by atoms with Crippen LogP contribution in [0.3, 0.4) is 0 Å². The smallest absolute Gasteiger partial charge is 0.121 e. The highest BCUT2D eigenvalue weighted by atomic mass is 79.9. The molecule has 0 amide bonds. The summed E-state index contributed by atoms with van der Waals surface area (Å²) in [4.78, 5) is 0. The molecule has 0 N–H and O–H groups in total. The Kier molecular flexibility index (Phi) is 4.48. The second-order valence-corrected chi connectivity index (χ2v) is 3.91. The SMILES string of the molecule is CCCCOc1cc(Br)cc(C#N)c1. The first kappa shape index (κ1) is 11.1. The molecule has 1 aromatic carbocycles. The lowest BCUT2D eigenvalue weighted by Gasteiger charge is -2.05. The van der Waals surface area contributed by atoms with Crippen molar-refractivity contribution in [3.8, 4) is 11.8 Å². The van der Waals surface area contributed by atoms with Gasteiger partial charge in [-0.1, -0.05) is 29.3 Å². The number of rotatable bonds is 4. The minimum atomic E-state index is 0.617. The van der Waals surface area contributed by atoms with Crippen molar-refractivity contribution < 1.29 is 4.74 Å². The number of halogens is 1. The highest BCUT2D eigenvalue weighted by Crippen LogP contribution is 2.21. The molecule has 1 aromatic rings. The number of ether oxygens (including phenoxy) is 1. The van der Waals surface area contributed by atoms with Gasteiger partial charge in [0.05, 0.1) is 18.2 Å². The van der Waals surface area contributed by atoms with Crippen molar-refractivity contribution in [1.82, 2.24) is 0 Å². The molecule has 0 saturated carbocycles. The summed E-state index contributed by atoms with van der Waals surface area (Å²) in [5, 5.41) is 8.73. The average Bonchev–Trinajstić information content (AvgIpc) is 2.17. The summed E-state index contributed by atoms with van der Waals surface area (Å²) in [5.41, 5.74) is 0.617. The average molecular weight is 254 g/mol. The van der Waals surface area contributed by atoms with Crippen molar-refractivity contribution in [2.75, 3.05) is 6.61 Å². The summed E-state index contributed by atoms with van der Waals surface area (Å²) in [6.45, 7) is 2.82. The molecule has 0 unspecified atom stereocenters. The molecule has 0 saturated heterocycles. The van der Waals surface area contributed by atoms with Gasteiger partial charge in [0.2, 0.25) is 0 Å². The summed E-state index contributed by atoms with van der Waals surface area (Å²) >= 11 is 3.33. The van der Waals surface area contributed by atoms with Gasteiger partial charge < -0.3 is 4.74 Å². The Morgan fingerprint density at radius 3 is 2.86 bits per heavy atom. The van der Waals surface area contributed by atoms with Crippen molar-refractivity contribution in [3.63, 3.8) is 0 Å². The van der Waals surface area contributed by atoms with E-state index in [0.29, 0.717) is 12.2 Å². The van der Waals surface area contributed by atoms with Gasteiger partial charge in [0.25, 0.3) is 0 Å². The monoisotopic (exact) mass is 253 g/mol. The second kappa shape index (κ2) is 5.66. The molecule has 1 rings (SSSR count). The third kappa shape index (κ3) is 3.39. The van der Waals surface area contributed by atoms with Gasteiger partial charge in [-0.15, -0.1) is 0 Å². The minimum absolute atomic E-state index is 0.617. The predicted octanol–water partition coefficient (Wildman–Crippen LogP) is 3.50. The van der Waals surface area contributed by atoms with Crippen LogP contribution in [0, 0.1) is 11.3 Å². The maximum Gasteiger partial charge on any atom is 0.121 e. The van der Waals surface area contributed by atoms with Crippen molar-refractivity contribution in [2.24, 2.45) is 0 Å². The lowest BCUT2D eigenvalue weighted by atomic mass is 10.2. The maximum absolute atomic E-state index is 8.73. The molecule has 74 valence electrons. The fourth-order valence-corrected chi connectivity index (χ4v) is 1.52. The van der Waals surface area contributed by atoms with Gasteiger partial charge in [0.1, 0.15) is 5.75 Å². The molecular formula is C11H12BrNO. The minimum Gasteiger partial charge on any atom is -0.494 e. The van der Waals surface area contributed by atoms with Crippen LogP contribution in [0.4, 0.5) is 0 Å². The highest BCUT2D eigenvalue weighted by Gasteiger charge is 1.99. The van der Waals surface area contributed by atoms with Crippen LogP contribution in [0.1, 0.15) is 25.3 Å². The quantitative estimate of drug-likeness (QED) is 0.770. The van der Waals surface area contributed by atoms with E-state index in [4.69, 9.17) is 10.00 Å². The zero-order chi connectivity index (χ0) is 10.4. The fraction of sp³-hybridized carbons (Fsp3) is 0.364. The Bertz CT molecular complexity index is 344. The van der Waals surface area contributed by atoms with E-state index in [-0.39, 0.29) is 0 Å². The molecule has 0 atom stereocenters. The molecule has 14 heavy (non-hydrogen) atoms. The van der Waals surface area contributed by atoms with E-state index in [2.05, 4.69) is 28.9 Å². The van der Waals surface area contributed by atoms with E-state index in [1.807, 2.05) is 6.07 Å². The van der Waals surface area contributed by atoms with Crippen molar-refractivity contribution >= 4 is 15.9 Å². The number of hydrogen-bond acceptors (Lipinski definition) is 2. The zero-order valence-corrected chi connectivity index (χ0v) is 9.67. The Morgan fingerprint density at radius 2 is 2.21 bits per heavy atom. The first-order chi connectivity index (χ1) is 6.76. The molecule has 2 nitrogen and oxygen atoms in total. The lowest BCUT2D eigenvalue weighted by molar-refractivity contribution is 0.309. The predicted molar refractivity (Wildman–Crippen MR) is 59.3 cm³/mol. The van der Waals surface area contributed by atoms with Gasteiger partial charge in [0.15, 0.2) is 0 Å². The number of unbranched alkanes of at least 4 members (excludes halogenated alkanes) is 1. The molecule has 0 fully saturated rings. The number of nitriles is 1. The first-order valence-electron chi connectivity index (χ1n) is 4.59. The molecule has 0 radical (unpaired) electrons. The lowest BCUT2D eigenvalue weighted by Crippen LogP contribution is -1.96. The highest BCUT2D eigenvalue weighted by molar-refractivity contribution is 9.10. The van der Waals surface area contributed by atoms with Gasteiger partial charge in [-0.05, 0) is 24.6 Å². The molecular weight excluding hydrogens is 242 g/mol. The Hall–Kier alpha value is -1.01. The van der Waals surface area contributed by atoms with Crippen LogP contribution in [0.25, 0.3) is 0 Å². The van der Waals surface area contributed by atoms with Crippen LogP contribution in [0.5, 0.6) is 5.75 Å². The summed E-state index contributed by atoms with van der Waals surface area (Å²) < 4.78 is 6.37.